The molecule has 1 aromatic heterocycles. The molecule has 20 heavy (non-hydrogen) atoms. The minimum atomic E-state index is -0.885. The van der Waals surface area contributed by atoms with Gasteiger partial charge in [0.05, 0.1) is 12.5 Å². The zero-order valence-electron chi connectivity index (χ0n) is 11.5. The van der Waals surface area contributed by atoms with E-state index in [-0.39, 0.29) is 31.1 Å². The lowest BCUT2D eigenvalue weighted by molar-refractivity contribution is -0.137. The Balaban J connectivity index is 1.92. The first kappa shape index (κ1) is 14.3. The summed E-state index contributed by atoms with van der Waals surface area (Å²) in [5.41, 5.74) is 0.926. The van der Waals surface area contributed by atoms with Gasteiger partial charge in [0.25, 0.3) is 0 Å². The number of urea groups is 1. The van der Waals surface area contributed by atoms with Crippen LogP contribution in [-0.2, 0) is 4.79 Å². The van der Waals surface area contributed by atoms with E-state index in [1.165, 1.54) is 0 Å². The largest absolute Gasteiger partial charge is 0.481 e. The first-order valence-corrected chi connectivity index (χ1v) is 6.77. The third-order valence-electron chi connectivity index (χ3n) is 3.34. The third-order valence-corrected chi connectivity index (χ3v) is 3.34. The standard InChI is InChI=1S/C14H19N3O3/c1-10(11-3-2-7-15-9-11)16-14(20)17(12-4-5-12)8-6-13(18)19/h2-3,7,9-10,12H,4-6,8H2,1H3,(H,16,20)(H,18,19). The van der Waals surface area contributed by atoms with Gasteiger partial charge in [0, 0.05) is 25.0 Å². The Morgan fingerprint density at radius 2 is 2.30 bits per heavy atom. The zero-order valence-corrected chi connectivity index (χ0v) is 11.5. The number of carboxylic acids is 1. The minimum absolute atomic E-state index is 0.0226. The lowest BCUT2D eigenvalue weighted by Crippen LogP contribution is -2.43. The average Bonchev–Trinajstić information content (AvgIpc) is 3.24. The summed E-state index contributed by atoms with van der Waals surface area (Å²) >= 11 is 0. The van der Waals surface area contributed by atoms with Gasteiger partial charge in [-0.25, -0.2) is 4.79 Å². The molecule has 1 atom stereocenters. The molecule has 1 aromatic rings. The van der Waals surface area contributed by atoms with Crippen LogP contribution < -0.4 is 5.32 Å². The Morgan fingerprint density at radius 1 is 1.55 bits per heavy atom. The number of aliphatic carboxylic acids is 1. The number of carbonyl (C=O) groups excluding carboxylic acids is 1. The number of pyridine rings is 1. The van der Waals surface area contributed by atoms with E-state index in [4.69, 9.17) is 5.11 Å². The van der Waals surface area contributed by atoms with Crippen LogP contribution in [0.1, 0.15) is 37.8 Å². The van der Waals surface area contributed by atoms with Crippen LogP contribution in [-0.4, -0.2) is 39.6 Å². The van der Waals surface area contributed by atoms with Crippen molar-refractivity contribution in [3.63, 3.8) is 0 Å². The predicted octanol–water partition coefficient (Wildman–Crippen LogP) is 1.79. The number of hydrogen-bond acceptors (Lipinski definition) is 3. The van der Waals surface area contributed by atoms with Crippen molar-refractivity contribution in [1.29, 1.82) is 0 Å². The lowest BCUT2D eigenvalue weighted by atomic mass is 10.1. The smallest absolute Gasteiger partial charge is 0.318 e. The highest BCUT2D eigenvalue weighted by molar-refractivity contribution is 5.76. The molecule has 2 rings (SSSR count). The molecule has 1 heterocycles. The summed E-state index contributed by atoms with van der Waals surface area (Å²) in [6, 6.07) is 3.56. The van der Waals surface area contributed by atoms with Crippen LogP contribution in [0.4, 0.5) is 4.79 Å². The SMILES string of the molecule is CC(NC(=O)N(CCC(=O)O)C1CC1)c1cccnc1. The molecule has 108 valence electrons. The van der Waals surface area contributed by atoms with Gasteiger partial charge in [0.15, 0.2) is 0 Å². The fourth-order valence-electron chi connectivity index (χ4n) is 2.04. The van der Waals surface area contributed by atoms with Crippen molar-refractivity contribution >= 4 is 12.0 Å². The van der Waals surface area contributed by atoms with E-state index in [9.17, 15) is 9.59 Å². The Morgan fingerprint density at radius 3 is 2.85 bits per heavy atom. The molecular weight excluding hydrogens is 258 g/mol. The maximum Gasteiger partial charge on any atom is 0.318 e. The summed E-state index contributed by atoms with van der Waals surface area (Å²) in [6.45, 7) is 2.14. The summed E-state index contributed by atoms with van der Waals surface area (Å²) in [6.07, 6.45) is 5.28. The highest BCUT2D eigenvalue weighted by atomic mass is 16.4. The highest BCUT2D eigenvalue weighted by Gasteiger charge is 2.33. The van der Waals surface area contributed by atoms with Crippen LogP contribution in [0.2, 0.25) is 0 Å². The molecule has 0 spiro atoms. The Hall–Kier alpha value is -2.11. The number of nitrogens with one attached hydrogen (secondary N) is 1. The maximum atomic E-state index is 12.2. The van der Waals surface area contributed by atoms with E-state index >= 15 is 0 Å². The van der Waals surface area contributed by atoms with Gasteiger partial charge >= 0.3 is 12.0 Å². The molecule has 0 radical (unpaired) electrons. The third kappa shape index (κ3) is 3.94. The van der Waals surface area contributed by atoms with Gasteiger partial charge in [0.1, 0.15) is 0 Å². The van der Waals surface area contributed by atoms with Crippen molar-refractivity contribution in [3.05, 3.63) is 30.1 Å². The molecule has 0 bridgehead atoms. The van der Waals surface area contributed by atoms with Crippen LogP contribution in [0, 0.1) is 0 Å². The van der Waals surface area contributed by atoms with Gasteiger partial charge in [-0.15, -0.1) is 0 Å². The molecule has 2 N–H and O–H groups in total. The number of amides is 2. The number of carbonyl (C=O) groups is 2. The number of nitrogens with zero attached hydrogens (tertiary/aromatic N) is 2. The second-order valence-corrected chi connectivity index (χ2v) is 5.03. The first-order chi connectivity index (χ1) is 9.58. The topological polar surface area (TPSA) is 82.5 Å². The van der Waals surface area contributed by atoms with E-state index in [1.54, 1.807) is 17.3 Å². The molecule has 1 saturated carbocycles. The average molecular weight is 277 g/mol. The van der Waals surface area contributed by atoms with Crippen molar-refractivity contribution in [2.24, 2.45) is 0 Å². The van der Waals surface area contributed by atoms with Gasteiger partial charge < -0.3 is 15.3 Å². The van der Waals surface area contributed by atoms with Crippen molar-refractivity contribution in [1.82, 2.24) is 15.2 Å². The van der Waals surface area contributed by atoms with Crippen LogP contribution in [0.5, 0.6) is 0 Å². The van der Waals surface area contributed by atoms with Crippen LogP contribution in [0.3, 0.4) is 0 Å². The molecule has 6 heteroatoms. The number of hydrogen-bond donors (Lipinski definition) is 2. The molecule has 0 aromatic carbocycles. The molecule has 0 saturated heterocycles. The fraction of sp³-hybridized carbons (Fsp3) is 0.500. The summed E-state index contributed by atoms with van der Waals surface area (Å²) in [5.74, 6) is -0.885. The van der Waals surface area contributed by atoms with Gasteiger partial charge in [-0.2, -0.15) is 0 Å². The fourth-order valence-corrected chi connectivity index (χ4v) is 2.04. The molecule has 2 amide bonds. The van der Waals surface area contributed by atoms with Gasteiger partial charge in [0.2, 0.25) is 0 Å². The monoisotopic (exact) mass is 277 g/mol. The number of rotatable bonds is 6. The lowest BCUT2D eigenvalue weighted by Gasteiger charge is -2.24. The van der Waals surface area contributed by atoms with Crippen LogP contribution >= 0.6 is 0 Å². The summed E-state index contributed by atoms with van der Waals surface area (Å²) in [5, 5.41) is 11.6. The van der Waals surface area contributed by atoms with Crippen molar-refractivity contribution in [2.45, 2.75) is 38.3 Å². The molecule has 0 aliphatic heterocycles. The van der Waals surface area contributed by atoms with Crippen LogP contribution in [0.15, 0.2) is 24.5 Å². The summed E-state index contributed by atoms with van der Waals surface area (Å²) < 4.78 is 0. The molecule has 1 aliphatic carbocycles. The molecular formula is C14H19N3O3. The van der Waals surface area contributed by atoms with E-state index in [2.05, 4.69) is 10.3 Å². The second-order valence-electron chi connectivity index (χ2n) is 5.03. The summed E-state index contributed by atoms with van der Waals surface area (Å²) in [4.78, 5) is 28.5. The van der Waals surface area contributed by atoms with E-state index in [0.717, 1.165) is 18.4 Å². The normalized spacial score (nSPS) is 15.4. The second kappa shape index (κ2) is 6.36. The van der Waals surface area contributed by atoms with E-state index < -0.39 is 5.97 Å². The van der Waals surface area contributed by atoms with Gasteiger partial charge in [-0.05, 0) is 31.4 Å². The van der Waals surface area contributed by atoms with E-state index in [0.29, 0.717) is 0 Å². The van der Waals surface area contributed by atoms with Gasteiger partial charge in [-0.3, -0.25) is 9.78 Å². The minimum Gasteiger partial charge on any atom is -0.481 e. The molecule has 1 unspecified atom stereocenters. The predicted molar refractivity (Wildman–Crippen MR) is 73.2 cm³/mol. The Labute approximate surface area is 117 Å². The molecule has 1 fully saturated rings. The Kier molecular flexibility index (Phi) is 4.55. The zero-order chi connectivity index (χ0) is 14.5. The quantitative estimate of drug-likeness (QED) is 0.830. The molecule has 6 nitrogen and oxygen atoms in total. The Bertz CT molecular complexity index is 474. The van der Waals surface area contributed by atoms with Crippen molar-refractivity contribution in [3.8, 4) is 0 Å². The number of carboxylic acid groups (broad SMARTS) is 1. The van der Waals surface area contributed by atoms with Crippen molar-refractivity contribution < 1.29 is 14.7 Å². The highest BCUT2D eigenvalue weighted by Crippen LogP contribution is 2.27. The maximum absolute atomic E-state index is 12.2. The molecule has 1 aliphatic rings. The van der Waals surface area contributed by atoms with Gasteiger partial charge in [-0.1, -0.05) is 6.07 Å². The van der Waals surface area contributed by atoms with Crippen LogP contribution in [0.25, 0.3) is 0 Å². The first-order valence-electron chi connectivity index (χ1n) is 6.77. The summed E-state index contributed by atoms with van der Waals surface area (Å²) in [7, 11) is 0. The number of aromatic nitrogens is 1. The van der Waals surface area contributed by atoms with E-state index in [1.807, 2.05) is 19.1 Å². The van der Waals surface area contributed by atoms with Crippen molar-refractivity contribution in [2.75, 3.05) is 6.54 Å².